The third-order valence-corrected chi connectivity index (χ3v) is 6.25. The van der Waals surface area contributed by atoms with E-state index in [0.29, 0.717) is 52.5 Å². The molecule has 1 amide bonds. The number of rotatable bonds is 8. The zero-order valence-electron chi connectivity index (χ0n) is 16.6. The van der Waals surface area contributed by atoms with Crippen LogP contribution in [0.1, 0.15) is 24.6 Å². The number of methoxy groups -OCH3 is 1. The number of halogens is 1. The Labute approximate surface area is 188 Å². The molecular weight excluding hydrogens is 444 g/mol. The molecule has 0 atom stereocenters. The molecule has 0 aliphatic carbocycles. The molecule has 0 bridgehead atoms. The van der Waals surface area contributed by atoms with E-state index in [1.54, 1.807) is 36.1 Å². The van der Waals surface area contributed by atoms with E-state index in [4.69, 9.17) is 21.1 Å². The van der Waals surface area contributed by atoms with Gasteiger partial charge in [-0.2, -0.15) is 0 Å². The fourth-order valence-electron chi connectivity index (χ4n) is 2.74. The van der Waals surface area contributed by atoms with Crippen molar-refractivity contribution in [2.75, 3.05) is 24.4 Å². The van der Waals surface area contributed by atoms with Crippen molar-refractivity contribution in [2.45, 2.75) is 19.8 Å². The Kier molecular flexibility index (Phi) is 7.95. The van der Waals surface area contributed by atoms with Gasteiger partial charge in [0, 0.05) is 17.1 Å². The van der Waals surface area contributed by atoms with Crippen molar-refractivity contribution < 1.29 is 19.1 Å². The number of ether oxygens (including phenoxy) is 2. The van der Waals surface area contributed by atoms with Gasteiger partial charge in [-0.25, -0.2) is 4.99 Å². The predicted octanol–water partition coefficient (Wildman–Crippen LogP) is 5.23. The zero-order valence-corrected chi connectivity index (χ0v) is 19.0. The summed E-state index contributed by atoms with van der Waals surface area (Å²) >= 11 is 9.23. The first-order chi connectivity index (χ1) is 14.5. The second kappa shape index (κ2) is 10.7. The van der Waals surface area contributed by atoms with Crippen molar-refractivity contribution in [3.05, 3.63) is 51.3 Å². The number of nitrogens with zero attached hydrogens (tertiary/aromatic N) is 2. The van der Waals surface area contributed by atoms with Gasteiger partial charge in [0.05, 0.1) is 24.4 Å². The Bertz CT molecular complexity index is 973. The molecule has 158 valence electrons. The number of esters is 1. The van der Waals surface area contributed by atoms with Crippen LogP contribution in [0.4, 0.5) is 5.69 Å². The first kappa shape index (κ1) is 22.4. The van der Waals surface area contributed by atoms with E-state index < -0.39 is 0 Å². The molecule has 0 N–H and O–H groups in total. The molecule has 2 aromatic rings. The minimum atomic E-state index is -0.225. The molecule has 0 radical (unpaired) electrons. The average Bonchev–Trinajstić information content (AvgIpc) is 3.34. The van der Waals surface area contributed by atoms with E-state index >= 15 is 0 Å². The van der Waals surface area contributed by atoms with Crippen LogP contribution in [0.15, 0.2) is 46.4 Å². The summed E-state index contributed by atoms with van der Waals surface area (Å²) in [6, 6.07) is 9.02. The van der Waals surface area contributed by atoms with Crippen LogP contribution in [0.5, 0.6) is 5.75 Å². The number of aliphatic imine (C=N–C) groups is 1. The lowest BCUT2D eigenvalue weighted by atomic mass is 10.2. The number of amides is 1. The highest BCUT2D eigenvalue weighted by Crippen LogP contribution is 2.34. The normalized spacial score (nSPS) is 14.9. The van der Waals surface area contributed by atoms with Crippen molar-refractivity contribution >= 4 is 63.5 Å². The maximum Gasteiger partial charge on any atom is 0.305 e. The molecule has 1 aliphatic heterocycles. The van der Waals surface area contributed by atoms with Gasteiger partial charge in [0.1, 0.15) is 11.4 Å². The largest absolute Gasteiger partial charge is 0.495 e. The number of amidine groups is 1. The monoisotopic (exact) mass is 464 g/mol. The smallest absolute Gasteiger partial charge is 0.305 e. The fraction of sp³-hybridized carbons (Fsp3) is 0.286. The topological polar surface area (TPSA) is 68.2 Å². The van der Waals surface area contributed by atoms with Crippen LogP contribution in [0, 0.1) is 0 Å². The van der Waals surface area contributed by atoms with E-state index in [1.807, 2.05) is 17.5 Å². The fourth-order valence-corrected chi connectivity index (χ4v) is 4.59. The molecule has 1 aromatic heterocycles. The quantitative estimate of drug-likeness (QED) is 0.304. The van der Waals surface area contributed by atoms with Crippen LogP contribution in [0.3, 0.4) is 0 Å². The van der Waals surface area contributed by atoms with Crippen LogP contribution in [0.25, 0.3) is 6.08 Å². The SMILES string of the molecule is CCOC(=O)CCCSC1=NC(=Cc2cccs2)C(=O)N1c1ccc(OC)c(Cl)c1. The Hall–Kier alpha value is -2.29. The molecule has 30 heavy (non-hydrogen) atoms. The number of hydrogen-bond acceptors (Lipinski definition) is 7. The van der Waals surface area contributed by atoms with E-state index in [2.05, 4.69) is 4.99 Å². The maximum absolute atomic E-state index is 13.1. The minimum absolute atomic E-state index is 0.223. The van der Waals surface area contributed by atoms with Crippen LogP contribution in [-0.4, -0.2) is 36.5 Å². The third-order valence-electron chi connectivity index (χ3n) is 4.11. The first-order valence-electron chi connectivity index (χ1n) is 9.33. The van der Waals surface area contributed by atoms with Crippen molar-refractivity contribution in [2.24, 2.45) is 4.99 Å². The van der Waals surface area contributed by atoms with Crippen molar-refractivity contribution in [1.29, 1.82) is 0 Å². The lowest BCUT2D eigenvalue weighted by molar-refractivity contribution is -0.143. The molecule has 1 aromatic carbocycles. The van der Waals surface area contributed by atoms with Gasteiger partial charge >= 0.3 is 5.97 Å². The number of hydrogen-bond donors (Lipinski definition) is 0. The molecule has 0 spiro atoms. The van der Waals surface area contributed by atoms with E-state index in [1.165, 1.54) is 30.2 Å². The van der Waals surface area contributed by atoms with Gasteiger partial charge < -0.3 is 9.47 Å². The summed E-state index contributed by atoms with van der Waals surface area (Å²) in [4.78, 5) is 31.7. The number of benzene rings is 1. The summed E-state index contributed by atoms with van der Waals surface area (Å²) in [5, 5.41) is 2.90. The summed E-state index contributed by atoms with van der Waals surface area (Å²) in [6.07, 6.45) is 2.73. The van der Waals surface area contributed by atoms with Gasteiger partial charge in [-0.05, 0) is 49.1 Å². The van der Waals surface area contributed by atoms with Crippen LogP contribution in [-0.2, 0) is 14.3 Å². The van der Waals surface area contributed by atoms with Crippen molar-refractivity contribution in [3.63, 3.8) is 0 Å². The highest BCUT2D eigenvalue weighted by atomic mass is 35.5. The van der Waals surface area contributed by atoms with Gasteiger partial charge in [0.2, 0.25) is 0 Å². The second-order valence-corrected chi connectivity index (χ2v) is 8.60. The summed E-state index contributed by atoms with van der Waals surface area (Å²) in [6.45, 7) is 2.15. The maximum atomic E-state index is 13.1. The molecule has 0 saturated heterocycles. The summed E-state index contributed by atoms with van der Waals surface area (Å²) in [7, 11) is 1.54. The van der Waals surface area contributed by atoms with E-state index in [-0.39, 0.29) is 11.9 Å². The minimum Gasteiger partial charge on any atom is -0.495 e. The molecule has 0 fully saturated rings. The summed E-state index contributed by atoms with van der Waals surface area (Å²) in [5.41, 5.74) is 0.967. The van der Waals surface area contributed by atoms with E-state index in [9.17, 15) is 9.59 Å². The number of carbonyl (C=O) groups excluding carboxylic acids is 2. The second-order valence-electron chi connectivity index (χ2n) is 6.16. The van der Waals surface area contributed by atoms with Crippen LogP contribution >= 0.6 is 34.7 Å². The van der Waals surface area contributed by atoms with E-state index in [0.717, 1.165) is 4.88 Å². The van der Waals surface area contributed by atoms with Gasteiger partial charge in [-0.1, -0.05) is 29.4 Å². The van der Waals surface area contributed by atoms with Crippen LogP contribution in [0.2, 0.25) is 5.02 Å². The summed E-state index contributed by atoms with van der Waals surface area (Å²) < 4.78 is 10.2. The molecule has 9 heteroatoms. The Morgan fingerprint density at radius 2 is 2.20 bits per heavy atom. The number of thioether (sulfide) groups is 1. The zero-order chi connectivity index (χ0) is 21.5. The molecule has 2 heterocycles. The standard InChI is InChI=1S/C21H21ClN2O4S2/c1-3-28-19(25)7-5-11-30-21-23-17(13-15-6-4-10-29-15)20(26)24(21)14-8-9-18(27-2)16(22)12-14/h4,6,8-10,12-13H,3,5,7,11H2,1-2H3. The Morgan fingerprint density at radius 3 is 2.87 bits per heavy atom. The highest BCUT2D eigenvalue weighted by Gasteiger charge is 2.32. The first-order valence-corrected chi connectivity index (χ1v) is 11.6. The average molecular weight is 465 g/mol. The third kappa shape index (κ3) is 5.44. The van der Waals surface area contributed by atoms with Gasteiger partial charge in [-0.3, -0.25) is 14.5 Å². The van der Waals surface area contributed by atoms with Crippen molar-refractivity contribution in [1.82, 2.24) is 0 Å². The number of carbonyl (C=O) groups is 2. The lowest BCUT2D eigenvalue weighted by Crippen LogP contribution is -2.30. The molecule has 0 saturated carbocycles. The Balaban J connectivity index is 1.81. The molecule has 1 aliphatic rings. The highest BCUT2D eigenvalue weighted by molar-refractivity contribution is 8.14. The molecule has 3 rings (SSSR count). The number of thiophene rings is 1. The summed E-state index contributed by atoms with van der Waals surface area (Å²) in [5.74, 6) is 0.705. The lowest BCUT2D eigenvalue weighted by Gasteiger charge is -2.18. The molecule has 6 nitrogen and oxygen atoms in total. The van der Waals surface area contributed by atoms with Crippen molar-refractivity contribution in [3.8, 4) is 5.75 Å². The number of anilines is 1. The van der Waals surface area contributed by atoms with Gasteiger partial charge in [0.25, 0.3) is 5.91 Å². The molecular formula is C21H21ClN2O4S2. The van der Waals surface area contributed by atoms with Gasteiger partial charge in [-0.15, -0.1) is 11.3 Å². The van der Waals surface area contributed by atoms with Gasteiger partial charge in [0.15, 0.2) is 5.17 Å². The molecule has 0 unspecified atom stereocenters. The van der Waals surface area contributed by atoms with Crippen LogP contribution < -0.4 is 9.64 Å². The Morgan fingerprint density at radius 1 is 1.37 bits per heavy atom. The predicted molar refractivity (Wildman–Crippen MR) is 124 cm³/mol.